The third kappa shape index (κ3) is 3.63. The maximum atomic E-state index is 12.5. The minimum Gasteiger partial charge on any atom is -0.478 e. The number of hydrogen-bond acceptors (Lipinski definition) is 3. The van der Waals surface area contributed by atoms with E-state index in [0.29, 0.717) is 6.54 Å². The van der Waals surface area contributed by atoms with Gasteiger partial charge in [0.15, 0.2) is 0 Å². The number of aromatic carboxylic acids is 1. The maximum Gasteiger partial charge on any atom is 0.335 e. The summed E-state index contributed by atoms with van der Waals surface area (Å²) in [5.74, 6) is -0.877. The minimum atomic E-state index is -0.937. The third-order valence-electron chi connectivity index (χ3n) is 4.22. The molecule has 0 saturated carbocycles. The number of carbonyl (C=O) groups is 2. The van der Waals surface area contributed by atoms with Gasteiger partial charge in [-0.3, -0.25) is 4.79 Å². The van der Waals surface area contributed by atoms with Crippen molar-refractivity contribution in [2.45, 2.75) is 19.4 Å². The molecule has 1 amide bonds. The number of carboxylic acids is 1. The van der Waals surface area contributed by atoms with E-state index in [1.165, 1.54) is 5.56 Å². The zero-order chi connectivity index (χ0) is 16.9. The van der Waals surface area contributed by atoms with Gasteiger partial charge in [-0.05, 0) is 42.2 Å². The van der Waals surface area contributed by atoms with Gasteiger partial charge in [-0.15, -0.1) is 0 Å². The fourth-order valence-corrected chi connectivity index (χ4v) is 2.97. The number of aryl methyl sites for hydroxylation is 1. The van der Waals surface area contributed by atoms with Crippen molar-refractivity contribution in [2.75, 3.05) is 18.0 Å². The second-order valence-corrected chi connectivity index (χ2v) is 5.88. The van der Waals surface area contributed by atoms with Gasteiger partial charge in [-0.2, -0.15) is 0 Å². The third-order valence-corrected chi connectivity index (χ3v) is 4.22. The van der Waals surface area contributed by atoms with Crippen LogP contribution in [0.3, 0.4) is 0 Å². The molecular formula is C19H20N2O3. The number of fused-ring (bicyclic) bond motifs is 1. The second kappa shape index (κ2) is 7.27. The Balaban J connectivity index is 1.56. The van der Waals surface area contributed by atoms with E-state index in [1.54, 1.807) is 24.3 Å². The topological polar surface area (TPSA) is 69.6 Å². The van der Waals surface area contributed by atoms with Gasteiger partial charge in [0.05, 0.1) is 12.1 Å². The molecule has 0 aliphatic carbocycles. The SMILES string of the molecule is O=C(O)c1ccc(CNCC(=O)N2CCCc3ccccc32)cc1. The Morgan fingerprint density at radius 3 is 2.58 bits per heavy atom. The quantitative estimate of drug-likeness (QED) is 0.886. The van der Waals surface area contributed by atoms with E-state index >= 15 is 0 Å². The number of amides is 1. The molecule has 0 radical (unpaired) electrons. The lowest BCUT2D eigenvalue weighted by Crippen LogP contribution is -2.41. The molecule has 0 spiro atoms. The molecule has 1 aliphatic heterocycles. The molecule has 0 atom stereocenters. The molecule has 124 valence electrons. The second-order valence-electron chi connectivity index (χ2n) is 5.88. The Morgan fingerprint density at radius 2 is 1.83 bits per heavy atom. The van der Waals surface area contributed by atoms with Crippen LogP contribution in [0.2, 0.25) is 0 Å². The Labute approximate surface area is 140 Å². The first-order valence-corrected chi connectivity index (χ1v) is 8.06. The van der Waals surface area contributed by atoms with Crippen LogP contribution in [0.15, 0.2) is 48.5 Å². The van der Waals surface area contributed by atoms with E-state index < -0.39 is 5.97 Å². The Morgan fingerprint density at radius 1 is 1.08 bits per heavy atom. The van der Waals surface area contributed by atoms with Crippen molar-refractivity contribution in [1.29, 1.82) is 0 Å². The number of anilines is 1. The van der Waals surface area contributed by atoms with Gasteiger partial charge in [0.2, 0.25) is 5.91 Å². The lowest BCUT2D eigenvalue weighted by atomic mass is 10.0. The average Bonchev–Trinajstić information content (AvgIpc) is 2.61. The van der Waals surface area contributed by atoms with Crippen LogP contribution in [0, 0.1) is 0 Å². The molecule has 3 rings (SSSR count). The summed E-state index contributed by atoms with van der Waals surface area (Å²) in [6.07, 6.45) is 2.00. The predicted molar refractivity (Wildman–Crippen MR) is 92.2 cm³/mol. The normalized spacial score (nSPS) is 13.4. The van der Waals surface area contributed by atoms with Crippen molar-refractivity contribution < 1.29 is 14.7 Å². The van der Waals surface area contributed by atoms with Crippen LogP contribution >= 0.6 is 0 Å². The standard InChI is InChI=1S/C19H20N2O3/c22-18(21-11-3-5-15-4-1-2-6-17(15)21)13-20-12-14-7-9-16(10-8-14)19(23)24/h1-2,4,6-10,20H,3,5,11-13H2,(H,23,24). The number of nitrogens with one attached hydrogen (secondary N) is 1. The Hall–Kier alpha value is -2.66. The summed E-state index contributed by atoms with van der Waals surface area (Å²) >= 11 is 0. The van der Waals surface area contributed by atoms with Gasteiger partial charge in [-0.1, -0.05) is 30.3 Å². The molecule has 0 fully saturated rings. The molecule has 5 heteroatoms. The van der Waals surface area contributed by atoms with Gasteiger partial charge in [-0.25, -0.2) is 4.79 Å². The number of hydrogen-bond donors (Lipinski definition) is 2. The van der Waals surface area contributed by atoms with E-state index in [9.17, 15) is 9.59 Å². The number of benzene rings is 2. The van der Waals surface area contributed by atoms with E-state index in [0.717, 1.165) is 30.6 Å². The highest BCUT2D eigenvalue weighted by Crippen LogP contribution is 2.26. The van der Waals surface area contributed by atoms with Gasteiger partial charge in [0, 0.05) is 18.8 Å². The van der Waals surface area contributed by atoms with Crippen LogP contribution in [0.5, 0.6) is 0 Å². The number of nitrogens with zero attached hydrogens (tertiary/aromatic N) is 1. The first-order valence-electron chi connectivity index (χ1n) is 8.06. The molecule has 1 aliphatic rings. The molecule has 0 aromatic heterocycles. The van der Waals surface area contributed by atoms with Crippen LogP contribution in [-0.4, -0.2) is 30.1 Å². The first kappa shape index (κ1) is 16.2. The molecule has 24 heavy (non-hydrogen) atoms. The summed E-state index contributed by atoms with van der Waals surface area (Å²) in [4.78, 5) is 25.2. The monoisotopic (exact) mass is 324 g/mol. The number of para-hydroxylation sites is 1. The van der Waals surface area contributed by atoms with Crippen molar-refractivity contribution in [1.82, 2.24) is 5.32 Å². The van der Waals surface area contributed by atoms with Gasteiger partial charge < -0.3 is 15.3 Å². The lowest BCUT2D eigenvalue weighted by molar-refractivity contribution is -0.117. The molecule has 0 saturated heterocycles. The summed E-state index contributed by atoms with van der Waals surface area (Å²) in [7, 11) is 0. The minimum absolute atomic E-state index is 0.0595. The first-order chi connectivity index (χ1) is 11.6. The average molecular weight is 324 g/mol. The fourth-order valence-electron chi connectivity index (χ4n) is 2.97. The Kier molecular flexibility index (Phi) is 4.91. The highest BCUT2D eigenvalue weighted by Gasteiger charge is 2.21. The molecule has 0 bridgehead atoms. The van der Waals surface area contributed by atoms with Crippen LogP contribution < -0.4 is 10.2 Å². The lowest BCUT2D eigenvalue weighted by Gasteiger charge is -2.29. The zero-order valence-corrected chi connectivity index (χ0v) is 13.4. The molecule has 2 aromatic carbocycles. The molecule has 5 nitrogen and oxygen atoms in total. The summed E-state index contributed by atoms with van der Waals surface area (Å²) in [5, 5.41) is 12.0. The zero-order valence-electron chi connectivity index (χ0n) is 13.4. The number of rotatable bonds is 5. The Bertz CT molecular complexity index is 741. The summed E-state index contributed by atoms with van der Waals surface area (Å²) < 4.78 is 0. The van der Waals surface area contributed by atoms with Crippen molar-refractivity contribution >= 4 is 17.6 Å². The summed E-state index contributed by atoms with van der Waals surface area (Å²) in [5.41, 5.74) is 3.45. The van der Waals surface area contributed by atoms with Crippen molar-refractivity contribution in [3.05, 3.63) is 65.2 Å². The van der Waals surface area contributed by atoms with E-state index in [2.05, 4.69) is 11.4 Å². The smallest absolute Gasteiger partial charge is 0.335 e. The molecule has 2 aromatic rings. The summed E-state index contributed by atoms with van der Waals surface area (Å²) in [6, 6.07) is 14.7. The molecule has 2 N–H and O–H groups in total. The highest BCUT2D eigenvalue weighted by molar-refractivity contribution is 5.96. The number of carbonyl (C=O) groups excluding carboxylic acids is 1. The fraction of sp³-hybridized carbons (Fsp3) is 0.263. The molecule has 0 unspecified atom stereocenters. The van der Waals surface area contributed by atoms with Crippen LogP contribution in [0.4, 0.5) is 5.69 Å². The summed E-state index contributed by atoms with van der Waals surface area (Å²) in [6.45, 7) is 1.54. The van der Waals surface area contributed by atoms with Crippen molar-refractivity contribution in [2.24, 2.45) is 0 Å². The number of carboxylic acid groups (broad SMARTS) is 1. The van der Waals surface area contributed by atoms with Crippen LogP contribution in [0.25, 0.3) is 0 Å². The van der Waals surface area contributed by atoms with Crippen LogP contribution in [0.1, 0.15) is 27.9 Å². The van der Waals surface area contributed by atoms with Gasteiger partial charge in [0.1, 0.15) is 0 Å². The largest absolute Gasteiger partial charge is 0.478 e. The molecule has 1 heterocycles. The van der Waals surface area contributed by atoms with Gasteiger partial charge in [0.25, 0.3) is 0 Å². The predicted octanol–water partition coefficient (Wildman–Crippen LogP) is 2.45. The van der Waals surface area contributed by atoms with Crippen molar-refractivity contribution in [3.8, 4) is 0 Å². The van der Waals surface area contributed by atoms with E-state index in [1.807, 2.05) is 23.1 Å². The maximum absolute atomic E-state index is 12.5. The van der Waals surface area contributed by atoms with Crippen LogP contribution in [-0.2, 0) is 17.8 Å². The highest BCUT2D eigenvalue weighted by atomic mass is 16.4. The van der Waals surface area contributed by atoms with Crippen molar-refractivity contribution in [3.63, 3.8) is 0 Å². The van der Waals surface area contributed by atoms with E-state index in [-0.39, 0.29) is 18.0 Å². The molecular weight excluding hydrogens is 304 g/mol. The van der Waals surface area contributed by atoms with Gasteiger partial charge >= 0.3 is 5.97 Å². The van der Waals surface area contributed by atoms with E-state index in [4.69, 9.17) is 5.11 Å².